The van der Waals surface area contributed by atoms with Gasteiger partial charge in [-0.05, 0) is 89.9 Å². The van der Waals surface area contributed by atoms with Crippen molar-refractivity contribution < 1.29 is 9.90 Å². The highest BCUT2D eigenvalue weighted by atomic mass is 32.2. The molecule has 6 heteroatoms. The summed E-state index contributed by atoms with van der Waals surface area (Å²) in [6.07, 6.45) is 6.08. The smallest absolute Gasteiger partial charge is 0.346 e. The van der Waals surface area contributed by atoms with Gasteiger partial charge in [0, 0.05) is 33.4 Å². The summed E-state index contributed by atoms with van der Waals surface area (Å²) in [7, 11) is 0. The molecule has 0 atom stereocenters. The number of nitriles is 1. The number of fused-ring (bicyclic) bond motifs is 2. The van der Waals surface area contributed by atoms with Crippen LogP contribution < -0.4 is 9.80 Å². The first-order chi connectivity index (χ1) is 22.6. The van der Waals surface area contributed by atoms with Crippen LogP contribution in [0.4, 0.5) is 28.4 Å². The summed E-state index contributed by atoms with van der Waals surface area (Å²) < 4.78 is 0. The molecule has 0 radical (unpaired) electrons. The van der Waals surface area contributed by atoms with Crippen LogP contribution in [0, 0.1) is 11.3 Å². The average Bonchev–Trinajstić information content (AvgIpc) is 3.09. The van der Waals surface area contributed by atoms with Gasteiger partial charge in [0.25, 0.3) is 0 Å². The van der Waals surface area contributed by atoms with Crippen molar-refractivity contribution in [2.45, 2.75) is 42.4 Å². The highest BCUT2D eigenvalue weighted by Crippen LogP contribution is 2.50. The highest BCUT2D eigenvalue weighted by Gasteiger charge is 2.24. The topological polar surface area (TPSA) is 67.6 Å². The molecule has 0 aromatic heterocycles. The summed E-state index contributed by atoms with van der Waals surface area (Å²) in [6.45, 7) is 3.12. The number of hydrogen-bond acceptors (Lipinski definition) is 5. The number of anilines is 5. The fraction of sp³-hybridized carbons (Fsp3) is 0.150. The Balaban J connectivity index is 1.33. The zero-order chi connectivity index (χ0) is 31.9. The molecule has 0 saturated carbocycles. The molecular weight excluding hydrogens is 587 g/mol. The Morgan fingerprint density at radius 3 is 1.96 bits per heavy atom. The monoisotopic (exact) mass is 621 g/mol. The van der Waals surface area contributed by atoms with Crippen LogP contribution in [-0.2, 0) is 4.79 Å². The van der Waals surface area contributed by atoms with Gasteiger partial charge < -0.3 is 14.9 Å². The van der Waals surface area contributed by atoms with Crippen LogP contribution in [-0.4, -0.2) is 17.6 Å². The third-order valence-corrected chi connectivity index (χ3v) is 9.22. The molecule has 0 bridgehead atoms. The van der Waals surface area contributed by atoms with Gasteiger partial charge >= 0.3 is 5.97 Å². The first-order valence-electron chi connectivity index (χ1n) is 15.6. The molecule has 5 nitrogen and oxygen atoms in total. The van der Waals surface area contributed by atoms with Gasteiger partial charge in [-0.1, -0.05) is 98.6 Å². The largest absolute Gasteiger partial charge is 0.477 e. The highest BCUT2D eigenvalue weighted by molar-refractivity contribution is 7.99. The first-order valence-corrected chi connectivity index (χ1v) is 16.5. The third-order valence-electron chi connectivity index (χ3n) is 8.13. The van der Waals surface area contributed by atoms with E-state index in [0.717, 1.165) is 56.6 Å². The lowest BCUT2D eigenvalue weighted by atomic mass is 10.0. The zero-order valence-electron chi connectivity index (χ0n) is 25.8. The van der Waals surface area contributed by atoms with Crippen LogP contribution in [0.15, 0.2) is 137 Å². The molecule has 0 unspecified atom stereocenters. The van der Waals surface area contributed by atoms with Crippen molar-refractivity contribution in [2.75, 3.05) is 16.3 Å². The Morgan fingerprint density at radius 2 is 1.35 bits per heavy atom. The van der Waals surface area contributed by atoms with Crippen LogP contribution >= 0.6 is 11.8 Å². The van der Waals surface area contributed by atoms with Gasteiger partial charge in [0.15, 0.2) is 0 Å². The fourth-order valence-electron chi connectivity index (χ4n) is 5.82. The van der Waals surface area contributed by atoms with E-state index in [-0.39, 0.29) is 5.57 Å². The van der Waals surface area contributed by atoms with Crippen LogP contribution in [0.25, 0.3) is 17.2 Å². The van der Waals surface area contributed by atoms with E-state index in [1.165, 1.54) is 31.0 Å². The second-order valence-electron chi connectivity index (χ2n) is 11.3. The Kier molecular flexibility index (Phi) is 9.52. The molecule has 1 aliphatic rings. The van der Waals surface area contributed by atoms with Gasteiger partial charge in [0.1, 0.15) is 11.6 Å². The lowest BCUT2D eigenvalue weighted by Gasteiger charge is -2.33. The maximum absolute atomic E-state index is 11.5. The number of benzene rings is 5. The number of carboxylic acid groups (broad SMARTS) is 1. The SMILES string of the molecule is CCCCCCN1c2ccc(/C=C(/C#N)C(=O)O)cc2Sc2cc(-c3ccc(N(c4ccccc4)c4ccccc4)cc3)ccc21. The minimum absolute atomic E-state index is 0.276. The van der Waals surface area contributed by atoms with Gasteiger partial charge in [-0.3, -0.25) is 0 Å². The molecule has 5 aromatic rings. The van der Waals surface area contributed by atoms with Gasteiger partial charge in [0.05, 0.1) is 11.4 Å². The van der Waals surface area contributed by atoms with E-state index in [1.807, 2.05) is 30.3 Å². The number of hydrogen-bond donors (Lipinski definition) is 1. The molecule has 0 saturated heterocycles. The van der Waals surface area contributed by atoms with E-state index < -0.39 is 5.97 Å². The van der Waals surface area contributed by atoms with E-state index in [9.17, 15) is 15.2 Å². The Morgan fingerprint density at radius 1 is 0.761 bits per heavy atom. The van der Waals surface area contributed by atoms with Crippen LogP contribution in [0.1, 0.15) is 38.2 Å². The molecule has 46 heavy (non-hydrogen) atoms. The average molecular weight is 622 g/mol. The number of aliphatic carboxylic acids is 1. The molecule has 5 aromatic carbocycles. The van der Waals surface area contributed by atoms with E-state index in [1.54, 1.807) is 17.8 Å². The van der Waals surface area contributed by atoms with Crippen molar-refractivity contribution >= 4 is 52.2 Å². The maximum Gasteiger partial charge on any atom is 0.346 e. The summed E-state index contributed by atoms with van der Waals surface area (Å²) in [5.74, 6) is -1.22. The predicted octanol–water partition coefficient (Wildman–Crippen LogP) is 11.0. The summed E-state index contributed by atoms with van der Waals surface area (Å²) in [6, 6.07) is 43.9. The quantitative estimate of drug-likeness (QED) is 0.0899. The molecule has 228 valence electrons. The summed E-state index contributed by atoms with van der Waals surface area (Å²) >= 11 is 1.69. The molecule has 0 fully saturated rings. The molecular formula is C40H35N3O2S. The molecule has 6 rings (SSSR count). The second-order valence-corrected chi connectivity index (χ2v) is 12.3. The van der Waals surface area contributed by atoms with Crippen molar-refractivity contribution in [3.05, 3.63) is 132 Å². The minimum atomic E-state index is -1.22. The van der Waals surface area contributed by atoms with Gasteiger partial charge in [0.2, 0.25) is 0 Å². The van der Waals surface area contributed by atoms with Crippen LogP contribution in [0.2, 0.25) is 0 Å². The van der Waals surface area contributed by atoms with Gasteiger partial charge in [-0.25, -0.2) is 4.79 Å². The van der Waals surface area contributed by atoms with E-state index in [4.69, 9.17) is 0 Å². The van der Waals surface area contributed by atoms with Crippen LogP contribution in [0.3, 0.4) is 0 Å². The normalized spacial score (nSPS) is 12.2. The minimum Gasteiger partial charge on any atom is -0.477 e. The Labute approximate surface area is 275 Å². The molecule has 0 aliphatic carbocycles. The first kappa shape index (κ1) is 30.8. The van der Waals surface area contributed by atoms with Crippen molar-refractivity contribution in [1.29, 1.82) is 5.26 Å². The summed E-state index contributed by atoms with van der Waals surface area (Å²) in [5.41, 5.74) is 8.26. The lowest BCUT2D eigenvalue weighted by molar-refractivity contribution is -0.132. The Hall–Kier alpha value is -5.25. The van der Waals surface area contributed by atoms with Crippen LogP contribution in [0.5, 0.6) is 0 Å². The molecule has 0 spiro atoms. The number of carbonyl (C=O) groups is 1. The van der Waals surface area contributed by atoms with Gasteiger partial charge in [-0.15, -0.1) is 0 Å². The lowest BCUT2D eigenvalue weighted by Crippen LogP contribution is -2.22. The molecule has 0 amide bonds. The van der Waals surface area contributed by atoms with Crippen molar-refractivity contribution in [2.24, 2.45) is 0 Å². The van der Waals surface area contributed by atoms with Crippen molar-refractivity contribution in [1.82, 2.24) is 0 Å². The predicted molar refractivity (Wildman–Crippen MR) is 189 cm³/mol. The number of rotatable bonds is 11. The van der Waals surface area contributed by atoms with E-state index in [0.29, 0.717) is 5.56 Å². The standard InChI is InChI=1S/C40H35N3O2S/c1-2-3-4-11-24-42-36-22-16-29(25-32(28-41)40(44)45)26-38(36)46-39-27-31(19-23-37(39)42)30-17-20-35(21-18-30)43(33-12-7-5-8-13-33)34-14-9-6-10-15-34/h5-10,12-23,25-27H,2-4,11,24H2,1H3,(H,44,45)/b32-25-. The number of nitrogens with zero attached hydrogens (tertiary/aromatic N) is 3. The van der Waals surface area contributed by atoms with Crippen molar-refractivity contribution in [3.63, 3.8) is 0 Å². The van der Waals surface area contributed by atoms with E-state index in [2.05, 4.69) is 108 Å². The number of para-hydroxylation sites is 2. The zero-order valence-corrected chi connectivity index (χ0v) is 26.6. The Bertz CT molecular complexity index is 1860. The second kappa shape index (κ2) is 14.2. The fourth-order valence-corrected chi connectivity index (χ4v) is 7.01. The number of unbranched alkanes of at least 4 members (excludes halogenated alkanes) is 3. The molecule has 1 heterocycles. The van der Waals surface area contributed by atoms with Gasteiger partial charge in [-0.2, -0.15) is 5.26 Å². The molecule has 1 aliphatic heterocycles. The molecule has 1 N–H and O–H groups in total. The number of carboxylic acids is 1. The van der Waals surface area contributed by atoms with E-state index >= 15 is 0 Å². The maximum atomic E-state index is 11.5. The summed E-state index contributed by atoms with van der Waals surface area (Å²) in [5, 5.41) is 18.7. The third kappa shape index (κ3) is 6.71. The van der Waals surface area contributed by atoms with Crippen molar-refractivity contribution in [3.8, 4) is 17.2 Å². The summed E-state index contributed by atoms with van der Waals surface area (Å²) in [4.78, 5) is 18.3.